The smallest absolute Gasteiger partial charge is 0.0323 e. The van der Waals surface area contributed by atoms with Crippen molar-refractivity contribution in [3.05, 3.63) is 0 Å². The van der Waals surface area contributed by atoms with Crippen LogP contribution < -0.4 is 0 Å². The minimum absolute atomic E-state index is 1.17. The van der Waals surface area contributed by atoms with Crippen molar-refractivity contribution in [1.29, 1.82) is 0 Å². The minimum Gasteiger partial charge on any atom is -0.0651 e. The zero-order valence-electron chi connectivity index (χ0n) is 6.01. The van der Waals surface area contributed by atoms with E-state index in [1.54, 1.807) is 12.8 Å². The molecule has 0 bridgehead atoms. The Balaban J connectivity index is 1.76. The molecule has 3 aliphatic rings. The summed E-state index contributed by atoms with van der Waals surface area (Å²) in [6.45, 7) is 2.36. The van der Waals surface area contributed by atoms with Crippen LogP contribution in [-0.2, 0) is 0 Å². The van der Waals surface area contributed by atoms with Crippen LogP contribution in [0.15, 0.2) is 0 Å². The Bertz CT molecular complexity index is 150. The standard InChI is InChI=1S/C9H14/c1-2-5-3-7-6-4-8(6)9(5)7/h5-9H,2-4H2,1H3. The molecule has 0 aliphatic heterocycles. The van der Waals surface area contributed by atoms with Crippen molar-refractivity contribution in [2.45, 2.75) is 26.2 Å². The summed E-state index contributed by atoms with van der Waals surface area (Å²) in [5, 5.41) is 0. The normalized spacial score (nSPS) is 67.0. The van der Waals surface area contributed by atoms with E-state index in [0.717, 1.165) is 0 Å². The molecule has 3 saturated carbocycles. The van der Waals surface area contributed by atoms with Crippen molar-refractivity contribution in [1.82, 2.24) is 0 Å². The van der Waals surface area contributed by atoms with E-state index >= 15 is 0 Å². The molecule has 3 aliphatic carbocycles. The van der Waals surface area contributed by atoms with Crippen LogP contribution in [0, 0.1) is 29.6 Å². The molecule has 0 heteroatoms. The van der Waals surface area contributed by atoms with Gasteiger partial charge in [-0.15, -0.1) is 0 Å². The molecule has 5 atom stereocenters. The average molecular weight is 122 g/mol. The molecule has 0 saturated heterocycles. The number of fused-ring (bicyclic) bond motifs is 4. The second-order valence-electron chi connectivity index (χ2n) is 4.21. The fourth-order valence-corrected chi connectivity index (χ4v) is 3.41. The van der Waals surface area contributed by atoms with Crippen LogP contribution >= 0.6 is 0 Å². The maximum Gasteiger partial charge on any atom is -0.0323 e. The molecule has 5 unspecified atom stereocenters. The molecule has 0 aromatic heterocycles. The van der Waals surface area contributed by atoms with Crippen molar-refractivity contribution in [2.75, 3.05) is 0 Å². The van der Waals surface area contributed by atoms with Crippen molar-refractivity contribution < 1.29 is 0 Å². The molecule has 0 aromatic rings. The molecule has 0 spiro atoms. The lowest BCUT2D eigenvalue weighted by Gasteiger charge is -2.52. The monoisotopic (exact) mass is 122 g/mol. The summed E-state index contributed by atoms with van der Waals surface area (Å²) >= 11 is 0. The van der Waals surface area contributed by atoms with Gasteiger partial charge in [0, 0.05) is 0 Å². The molecule has 50 valence electrons. The third-order valence-corrected chi connectivity index (χ3v) is 4.07. The van der Waals surface area contributed by atoms with Crippen molar-refractivity contribution in [3.8, 4) is 0 Å². The van der Waals surface area contributed by atoms with E-state index in [-0.39, 0.29) is 0 Å². The van der Waals surface area contributed by atoms with E-state index in [1.165, 1.54) is 36.0 Å². The Labute approximate surface area is 56.6 Å². The molecule has 3 fully saturated rings. The molecule has 3 rings (SSSR count). The fraction of sp³-hybridized carbons (Fsp3) is 1.00. The molecule has 0 radical (unpaired) electrons. The van der Waals surface area contributed by atoms with Crippen LogP contribution in [0.3, 0.4) is 0 Å². The van der Waals surface area contributed by atoms with Gasteiger partial charge < -0.3 is 0 Å². The predicted molar refractivity (Wildman–Crippen MR) is 37.0 cm³/mol. The summed E-state index contributed by atoms with van der Waals surface area (Å²) < 4.78 is 0. The van der Waals surface area contributed by atoms with Crippen molar-refractivity contribution in [3.63, 3.8) is 0 Å². The van der Waals surface area contributed by atoms with Crippen LogP contribution in [-0.4, -0.2) is 0 Å². The van der Waals surface area contributed by atoms with Crippen LogP contribution in [0.4, 0.5) is 0 Å². The summed E-state index contributed by atoms with van der Waals surface area (Å²) in [4.78, 5) is 0. The quantitative estimate of drug-likeness (QED) is 0.500. The maximum atomic E-state index is 2.36. The molecule has 0 nitrogen and oxygen atoms in total. The summed E-state index contributed by atoms with van der Waals surface area (Å²) in [5.41, 5.74) is 0. The van der Waals surface area contributed by atoms with E-state index < -0.39 is 0 Å². The molecule has 0 heterocycles. The van der Waals surface area contributed by atoms with Gasteiger partial charge in [-0.2, -0.15) is 0 Å². The second kappa shape index (κ2) is 1.21. The molecule has 9 heavy (non-hydrogen) atoms. The first kappa shape index (κ1) is 4.76. The molecule has 0 amide bonds. The van der Waals surface area contributed by atoms with Gasteiger partial charge in [-0.25, -0.2) is 0 Å². The summed E-state index contributed by atoms with van der Waals surface area (Å²) in [7, 11) is 0. The van der Waals surface area contributed by atoms with Gasteiger partial charge in [0.05, 0.1) is 0 Å². The van der Waals surface area contributed by atoms with Crippen LogP contribution in [0.25, 0.3) is 0 Å². The van der Waals surface area contributed by atoms with Gasteiger partial charge in [0.25, 0.3) is 0 Å². The summed E-state index contributed by atoms with van der Waals surface area (Å²) in [6.07, 6.45) is 4.68. The fourth-order valence-electron chi connectivity index (χ4n) is 3.41. The third-order valence-electron chi connectivity index (χ3n) is 4.07. The van der Waals surface area contributed by atoms with Gasteiger partial charge >= 0.3 is 0 Å². The van der Waals surface area contributed by atoms with Crippen LogP contribution in [0.2, 0.25) is 0 Å². The number of hydrogen-bond acceptors (Lipinski definition) is 0. The maximum absolute atomic E-state index is 2.36. The first-order chi connectivity index (χ1) is 4.42. The van der Waals surface area contributed by atoms with Crippen molar-refractivity contribution in [2.24, 2.45) is 29.6 Å². The lowest BCUT2D eigenvalue weighted by Crippen LogP contribution is -2.46. The number of hydrogen-bond donors (Lipinski definition) is 0. The molecular formula is C9H14. The van der Waals surface area contributed by atoms with Crippen molar-refractivity contribution >= 4 is 0 Å². The lowest BCUT2D eigenvalue weighted by atomic mass is 9.53. The molecular weight excluding hydrogens is 108 g/mol. The Hall–Kier alpha value is 0. The van der Waals surface area contributed by atoms with Crippen LogP contribution in [0.5, 0.6) is 0 Å². The zero-order chi connectivity index (χ0) is 6.01. The highest BCUT2D eigenvalue weighted by Gasteiger charge is 2.67. The third kappa shape index (κ3) is 0.367. The Morgan fingerprint density at radius 3 is 2.56 bits per heavy atom. The Kier molecular flexibility index (Phi) is 0.640. The highest BCUT2D eigenvalue weighted by atomic mass is 14.7. The van der Waals surface area contributed by atoms with Gasteiger partial charge in [0.2, 0.25) is 0 Å². The second-order valence-corrected chi connectivity index (χ2v) is 4.21. The Morgan fingerprint density at radius 1 is 1.11 bits per heavy atom. The van der Waals surface area contributed by atoms with E-state index in [4.69, 9.17) is 0 Å². The van der Waals surface area contributed by atoms with Gasteiger partial charge in [0.15, 0.2) is 0 Å². The van der Waals surface area contributed by atoms with Gasteiger partial charge in [0.1, 0.15) is 0 Å². The molecule has 0 N–H and O–H groups in total. The molecule has 0 aromatic carbocycles. The van der Waals surface area contributed by atoms with E-state index in [1.807, 2.05) is 0 Å². The summed E-state index contributed by atoms with van der Waals surface area (Å²) in [5.74, 6) is 6.13. The van der Waals surface area contributed by atoms with E-state index in [0.29, 0.717) is 0 Å². The van der Waals surface area contributed by atoms with Gasteiger partial charge in [-0.3, -0.25) is 0 Å². The Morgan fingerprint density at radius 2 is 1.89 bits per heavy atom. The lowest BCUT2D eigenvalue weighted by molar-refractivity contribution is -0.0408. The minimum atomic E-state index is 1.17. The first-order valence-electron chi connectivity index (χ1n) is 4.42. The highest BCUT2D eigenvalue weighted by Crippen LogP contribution is 2.74. The predicted octanol–water partition coefficient (Wildman–Crippen LogP) is 2.30. The topological polar surface area (TPSA) is 0 Å². The number of rotatable bonds is 1. The van der Waals surface area contributed by atoms with Gasteiger partial charge in [-0.05, 0) is 42.4 Å². The van der Waals surface area contributed by atoms with Crippen LogP contribution in [0.1, 0.15) is 26.2 Å². The van der Waals surface area contributed by atoms with Gasteiger partial charge in [-0.1, -0.05) is 13.3 Å². The highest BCUT2D eigenvalue weighted by molar-refractivity contribution is 5.16. The first-order valence-corrected chi connectivity index (χ1v) is 4.42. The van der Waals surface area contributed by atoms with E-state index in [2.05, 4.69) is 6.92 Å². The largest absolute Gasteiger partial charge is 0.0651 e. The average Bonchev–Trinajstić information content (AvgIpc) is 2.44. The van der Waals surface area contributed by atoms with E-state index in [9.17, 15) is 0 Å². The summed E-state index contributed by atoms with van der Waals surface area (Å²) in [6, 6.07) is 0. The zero-order valence-corrected chi connectivity index (χ0v) is 6.01. The SMILES string of the molecule is CCC1CC2C3CC3C12.